The lowest BCUT2D eigenvalue weighted by Gasteiger charge is -2.12. The van der Waals surface area contributed by atoms with Gasteiger partial charge in [0.25, 0.3) is 0 Å². The summed E-state index contributed by atoms with van der Waals surface area (Å²) in [6.07, 6.45) is -0.401. The predicted molar refractivity (Wildman–Crippen MR) is 56.4 cm³/mol. The highest BCUT2D eigenvalue weighted by atomic mass is 32.2. The van der Waals surface area contributed by atoms with E-state index in [1.807, 2.05) is 13.8 Å². The third-order valence-electron chi connectivity index (χ3n) is 1.38. The standard InChI is InChI=1S/C9H18O4S/c1-7(2)13-4-8(10)5-14-6-9(11)12-3/h7-8,10H,4-6H2,1-3H3. The van der Waals surface area contributed by atoms with Crippen LogP contribution in [0.5, 0.6) is 0 Å². The third-order valence-corrected chi connectivity index (χ3v) is 2.44. The largest absolute Gasteiger partial charge is 0.468 e. The third kappa shape index (κ3) is 8.34. The number of aliphatic hydroxyl groups excluding tert-OH is 1. The highest BCUT2D eigenvalue weighted by Crippen LogP contribution is 2.04. The number of methoxy groups -OCH3 is 1. The second-order valence-electron chi connectivity index (χ2n) is 3.13. The number of thioether (sulfide) groups is 1. The van der Waals surface area contributed by atoms with Crippen molar-refractivity contribution in [1.29, 1.82) is 0 Å². The molecule has 84 valence electrons. The molecule has 0 fully saturated rings. The number of carbonyl (C=O) groups is 1. The van der Waals surface area contributed by atoms with Crippen molar-refractivity contribution in [2.24, 2.45) is 0 Å². The SMILES string of the molecule is COC(=O)CSCC(O)COC(C)C. The molecule has 0 rings (SSSR count). The molecule has 0 spiro atoms. The summed E-state index contributed by atoms with van der Waals surface area (Å²) in [4.78, 5) is 10.7. The molecule has 1 unspecified atom stereocenters. The molecular formula is C9H18O4S. The Labute approximate surface area is 89.0 Å². The lowest BCUT2D eigenvalue weighted by molar-refractivity contribution is -0.137. The smallest absolute Gasteiger partial charge is 0.315 e. The maximum Gasteiger partial charge on any atom is 0.315 e. The monoisotopic (exact) mass is 222 g/mol. The maximum absolute atomic E-state index is 10.7. The van der Waals surface area contributed by atoms with E-state index in [-0.39, 0.29) is 17.8 Å². The molecule has 0 saturated heterocycles. The van der Waals surface area contributed by atoms with Gasteiger partial charge < -0.3 is 14.6 Å². The van der Waals surface area contributed by atoms with Crippen LogP contribution in [-0.4, -0.2) is 48.5 Å². The Morgan fingerprint density at radius 3 is 2.64 bits per heavy atom. The van der Waals surface area contributed by atoms with Crippen LogP contribution in [0.15, 0.2) is 0 Å². The first-order valence-electron chi connectivity index (χ1n) is 4.50. The fourth-order valence-electron chi connectivity index (χ4n) is 0.689. The molecule has 0 radical (unpaired) electrons. The molecule has 5 heteroatoms. The Morgan fingerprint density at radius 2 is 2.14 bits per heavy atom. The lowest BCUT2D eigenvalue weighted by Crippen LogP contribution is -2.21. The van der Waals surface area contributed by atoms with Crippen LogP contribution in [0.1, 0.15) is 13.8 Å². The van der Waals surface area contributed by atoms with E-state index in [0.29, 0.717) is 12.4 Å². The molecule has 0 aromatic carbocycles. The summed E-state index contributed by atoms with van der Waals surface area (Å²) in [6, 6.07) is 0. The molecule has 0 bridgehead atoms. The van der Waals surface area contributed by atoms with Crippen molar-refractivity contribution >= 4 is 17.7 Å². The van der Waals surface area contributed by atoms with Gasteiger partial charge in [-0.3, -0.25) is 4.79 Å². The second-order valence-corrected chi connectivity index (χ2v) is 4.16. The van der Waals surface area contributed by atoms with Crippen LogP contribution in [0.4, 0.5) is 0 Å². The van der Waals surface area contributed by atoms with E-state index in [9.17, 15) is 9.90 Å². The van der Waals surface area contributed by atoms with E-state index in [1.165, 1.54) is 18.9 Å². The zero-order chi connectivity index (χ0) is 11.0. The van der Waals surface area contributed by atoms with Gasteiger partial charge in [0.1, 0.15) is 0 Å². The zero-order valence-corrected chi connectivity index (χ0v) is 9.67. The highest BCUT2D eigenvalue weighted by Gasteiger charge is 2.07. The second kappa shape index (κ2) is 8.08. The minimum atomic E-state index is -0.521. The van der Waals surface area contributed by atoms with Crippen molar-refractivity contribution in [2.45, 2.75) is 26.1 Å². The molecular weight excluding hydrogens is 204 g/mol. The van der Waals surface area contributed by atoms with Gasteiger partial charge in [0.15, 0.2) is 0 Å². The van der Waals surface area contributed by atoms with Crippen LogP contribution >= 0.6 is 11.8 Å². The van der Waals surface area contributed by atoms with Crippen LogP contribution < -0.4 is 0 Å². The average Bonchev–Trinajstić information content (AvgIpc) is 2.14. The van der Waals surface area contributed by atoms with E-state index < -0.39 is 6.10 Å². The number of carbonyl (C=O) groups excluding carboxylic acids is 1. The summed E-state index contributed by atoms with van der Waals surface area (Å²) in [5, 5.41) is 9.39. The minimum absolute atomic E-state index is 0.121. The van der Waals surface area contributed by atoms with Gasteiger partial charge in [-0.05, 0) is 13.8 Å². The van der Waals surface area contributed by atoms with Crippen LogP contribution in [0.3, 0.4) is 0 Å². The summed E-state index contributed by atoms with van der Waals surface area (Å²) in [5.41, 5.74) is 0. The normalized spacial score (nSPS) is 12.9. The molecule has 0 aliphatic rings. The first kappa shape index (κ1) is 13.7. The van der Waals surface area contributed by atoms with Crippen LogP contribution in [0.25, 0.3) is 0 Å². The minimum Gasteiger partial charge on any atom is -0.468 e. The van der Waals surface area contributed by atoms with E-state index in [4.69, 9.17) is 4.74 Å². The quantitative estimate of drug-likeness (QED) is 0.642. The van der Waals surface area contributed by atoms with Crippen molar-refractivity contribution in [3.05, 3.63) is 0 Å². The fraction of sp³-hybridized carbons (Fsp3) is 0.889. The Hall–Kier alpha value is -0.260. The molecule has 0 aliphatic carbocycles. The summed E-state index contributed by atoms with van der Waals surface area (Å²) in [5.74, 6) is 0.490. The summed E-state index contributed by atoms with van der Waals surface area (Å²) in [7, 11) is 1.35. The first-order chi connectivity index (χ1) is 6.56. The topological polar surface area (TPSA) is 55.8 Å². The molecule has 0 aromatic heterocycles. The van der Waals surface area contributed by atoms with Crippen molar-refractivity contribution in [2.75, 3.05) is 25.2 Å². The Morgan fingerprint density at radius 1 is 1.50 bits per heavy atom. The zero-order valence-electron chi connectivity index (χ0n) is 8.86. The molecule has 0 heterocycles. The number of hydrogen-bond donors (Lipinski definition) is 1. The van der Waals surface area contributed by atoms with Crippen molar-refractivity contribution in [3.63, 3.8) is 0 Å². The molecule has 0 saturated carbocycles. The lowest BCUT2D eigenvalue weighted by atomic mass is 10.4. The van der Waals surface area contributed by atoms with Gasteiger partial charge in [-0.1, -0.05) is 0 Å². The Bertz CT molecular complexity index is 161. The van der Waals surface area contributed by atoms with Gasteiger partial charge in [-0.2, -0.15) is 0 Å². The molecule has 0 aromatic rings. The molecule has 0 amide bonds. The van der Waals surface area contributed by atoms with Gasteiger partial charge >= 0.3 is 5.97 Å². The number of esters is 1. The van der Waals surface area contributed by atoms with Gasteiger partial charge in [-0.25, -0.2) is 0 Å². The van der Waals surface area contributed by atoms with Gasteiger partial charge in [0, 0.05) is 5.75 Å². The van der Waals surface area contributed by atoms with Crippen molar-refractivity contribution in [3.8, 4) is 0 Å². The Kier molecular flexibility index (Phi) is 7.93. The molecule has 1 N–H and O–H groups in total. The number of hydrogen-bond acceptors (Lipinski definition) is 5. The molecule has 0 aliphatic heterocycles. The van der Waals surface area contributed by atoms with Crippen LogP contribution in [0, 0.1) is 0 Å². The van der Waals surface area contributed by atoms with E-state index >= 15 is 0 Å². The summed E-state index contributed by atoms with van der Waals surface area (Å²) < 4.78 is 9.67. The summed E-state index contributed by atoms with van der Waals surface area (Å²) >= 11 is 1.34. The van der Waals surface area contributed by atoms with Crippen LogP contribution in [0.2, 0.25) is 0 Å². The highest BCUT2D eigenvalue weighted by molar-refractivity contribution is 7.99. The molecule has 14 heavy (non-hydrogen) atoms. The maximum atomic E-state index is 10.7. The van der Waals surface area contributed by atoms with Gasteiger partial charge in [0.2, 0.25) is 0 Å². The van der Waals surface area contributed by atoms with Gasteiger partial charge in [-0.15, -0.1) is 11.8 Å². The van der Waals surface area contributed by atoms with E-state index in [2.05, 4.69) is 4.74 Å². The number of rotatable bonds is 7. The predicted octanol–water partition coefficient (Wildman–Crippen LogP) is 0.678. The molecule has 4 nitrogen and oxygen atoms in total. The number of ether oxygens (including phenoxy) is 2. The number of aliphatic hydroxyl groups is 1. The molecule has 1 atom stereocenters. The van der Waals surface area contributed by atoms with Crippen molar-refractivity contribution < 1.29 is 19.4 Å². The van der Waals surface area contributed by atoms with Gasteiger partial charge in [0.05, 0.1) is 31.7 Å². The summed E-state index contributed by atoms with van der Waals surface area (Å²) in [6.45, 7) is 4.13. The van der Waals surface area contributed by atoms with E-state index in [1.54, 1.807) is 0 Å². The van der Waals surface area contributed by atoms with Crippen LogP contribution in [-0.2, 0) is 14.3 Å². The van der Waals surface area contributed by atoms with Crippen molar-refractivity contribution in [1.82, 2.24) is 0 Å². The average molecular weight is 222 g/mol. The Balaban J connectivity index is 3.35. The fourth-order valence-corrected chi connectivity index (χ4v) is 1.46. The first-order valence-corrected chi connectivity index (χ1v) is 5.66. The van der Waals surface area contributed by atoms with E-state index in [0.717, 1.165) is 0 Å².